The Balaban J connectivity index is 1.47. The molecule has 0 N–H and O–H groups in total. The zero-order chi connectivity index (χ0) is 18.9. The Morgan fingerprint density at radius 2 is 2.04 bits per heavy atom. The number of pyridine rings is 1. The van der Waals surface area contributed by atoms with Gasteiger partial charge in [-0.1, -0.05) is 0 Å². The molecule has 0 amide bonds. The molecule has 0 radical (unpaired) electrons. The van der Waals surface area contributed by atoms with Crippen LogP contribution in [0.4, 0.5) is 5.82 Å². The summed E-state index contributed by atoms with van der Waals surface area (Å²) >= 11 is 0. The lowest BCUT2D eigenvalue weighted by atomic mass is 10.2. The summed E-state index contributed by atoms with van der Waals surface area (Å²) in [4.78, 5) is 18.6. The number of furan rings is 1. The maximum Gasteiger partial charge on any atom is 0.266 e. The van der Waals surface area contributed by atoms with E-state index in [1.54, 1.807) is 37.0 Å². The SMILES string of the molecule is O=c1ccc(-c2ccncc2)nn1CC1CCCN1c1nncc2ccoc12. The molecule has 1 fully saturated rings. The smallest absolute Gasteiger partial charge is 0.266 e. The molecule has 0 spiro atoms. The first-order valence-electron chi connectivity index (χ1n) is 9.24. The Bertz CT molecular complexity index is 1170. The Morgan fingerprint density at radius 3 is 2.93 bits per heavy atom. The number of anilines is 1. The number of fused-ring (bicyclic) bond motifs is 1. The van der Waals surface area contributed by atoms with E-state index < -0.39 is 0 Å². The van der Waals surface area contributed by atoms with Gasteiger partial charge in [0, 0.05) is 36.0 Å². The van der Waals surface area contributed by atoms with Gasteiger partial charge < -0.3 is 9.32 Å². The molecule has 0 aliphatic carbocycles. The summed E-state index contributed by atoms with van der Waals surface area (Å²) in [6.45, 7) is 1.33. The van der Waals surface area contributed by atoms with E-state index in [0.29, 0.717) is 6.54 Å². The molecule has 8 heteroatoms. The summed E-state index contributed by atoms with van der Waals surface area (Å²) in [5, 5.41) is 13.9. The van der Waals surface area contributed by atoms with E-state index in [9.17, 15) is 4.79 Å². The van der Waals surface area contributed by atoms with Gasteiger partial charge in [0.1, 0.15) is 0 Å². The van der Waals surface area contributed by atoms with Gasteiger partial charge in [0.2, 0.25) is 0 Å². The molecule has 28 heavy (non-hydrogen) atoms. The van der Waals surface area contributed by atoms with Crippen molar-refractivity contribution in [1.82, 2.24) is 25.0 Å². The van der Waals surface area contributed by atoms with Crippen molar-refractivity contribution in [3.63, 3.8) is 0 Å². The Morgan fingerprint density at radius 1 is 1.14 bits per heavy atom. The van der Waals surface area contributed by atoms with Crippen LogP contribution in [-0.2, 0) is 6.54 Å². The van der Waals surface area contributed by atoms with E-state index in [1.807, 2.05) is 18.2 Å². The lowest BCUT2D eigenvalue weighted by molar-refractivity contribution is 0.487. The molecule has 0 saturated carbocycles. The van der Waals surface area contributed by atoms with E-state index in [4.69, 9.17) is 4.42 Å². The third kappa shape index (κ3) is 2.92. The van der Waals surface area contributed by atoms with E-state index in [2.05, 4.69) is 25.2 Å². The van der Waals surface area contributed by atoms with Crippen LogP contribution in [0.2, 0.25) is 0 Å². The molecule has 0 bridgehead atoms. The van der Waals surface area contributed by atoms with Crippen molar-refractivity contribution in [2.75, 3.05) is 11.4 Å². The third-order valence-corrected chi connectivity index (χ3v) is 5.12. The van der Waals surface area contributed by atoms with Crippen molar-refractivity contribution in [3.05, 3.63) is 65.5 Å². The van der Waals surface area contributed by atoms with Crippen molar-refractivity contribution in [1.29, 1.82) is 0 Å². The van der Waals surface area contributed by atoms with Crippen LogP contribution in [0.1, 0.15) is 12.8 Å². The highest BCUT2D eigenvalue weighted by Crippen LogP contribution is 2.30. The maximum atomic E-state index is 12.4. The molecule has 1 aliphatic rings. The molecule has 0 aromatic carbocycles. The van der Waals surface area contributed by atoms with E-state index in [-0.39, 0.29) is 11.6 Å². The average molecular weight is 374 g/mol. The number of nitrogens with zero attached hydrogens (tertiary/aromatic N) is 6. The summed E-state index contributed by atoms with van der Waals surface area (Å²) in [7, 11) is 0. The Labute approximate surface area is 160 Å². The summed E-state index contributed by atoms with van der Waals surface area (Å²) < 4.78 is 7.16. The minimum atomic E-state index is -0.119. The van der Waals surface area contributed by atoms with E-state index >= 15 is 0 Å². The Hall–Kier alpha value is -3.55. The first-order valence-corrected chi connectivity index (χ1v) is 9.24. The minimum absolute atomic E-state index is 0.0999. The molecule has 4 aromatic heterocycles. The number of rotatable bonds is 4. The molecule has 1 saturated heterocycles. The van der Waals surface area contributed by atoms with Gasteiger partial charge in [-0.25, -0.2) is 4.68 Å². The molecule has 5 rings (SSSR count). The first-order chi connectivity index (χ1) is 13.8. The fourth-order valence-corrected chi connectivity index (χ4v) is 3.74. The second-order valence-electron chi connectivity index (χ2n) is 6.84. The van der Waals surface area contributed by atoms with E-state index in [0.717, 1.165) is 47.4 Å². The normalized spacial score (nSPS) is 16.7. The van der Waals surface area contributed by atoms with E-state index in [1.165, 1.54) is 4.68 Å². The van der Waals surface area contributed by atoms with Crippen molar-refractivity contribution in [2.24, 2.45) is 0 Å². The summed E-state index contributed by atoms with van der Waals surface area (Å²) in [5.74, 6) is 0.725. The summed E-state index contributed by atoms with van der Waals surface area (Å²) in [6, 6.07) is 9.05. The topological polar surface area (TPSA) is 89.9 Å². The number of hydrogen-bond donors (Lipinski definition) is 0. The van der Waals surface area contributed by atoms with Crippen molar-refractivity contribution in [3.8, 4) is 11.3 Å². The highest BCUT2D eigenvalue weighted by atomic mass is 16.3. The first kappa shape index (κ1) is 16.6. The highest BCUT2D eigenvalue weighted by molar-refractivity contribution is 5.86. The lowest BCUT2D eigenvalue weighted by Crippen LogP contribution is -2.37. The molecule has 1 aliphatic heterocycles. The second-order valence-corrected chi connectivity index (χ2v) is 6.84. The molecule has 1 unspecified atom stereocenters. The zero-order valence-corrected chi connectivity index (χ0v) is 15.1. The predicted molar refractivity (Wildman–Crippen MR) is 104 cm³/mol. The molecule has 140 valence electrons. The standard InChI is InChI=1S/C20H18N6O2/c27-18-4-3-17(14-5-8-21-9-6-14)24-26(18)13-16-2-1-10-25(16)20-19-15(7-11-28-19)12-22-23-20/h3-9,11-12,16H,1-2,10,13H2. The van der Waals surface area contributed by atoms with Gasteiger partial charge in [-0.15, -0.1) is 5.10 Å². The van der Waals surface area contributed by atoms with Crippen LogP contribution in [0.5, 0.6) is 0 Å². The van der Waals surface area contributed by atoms with Crippen LogP contribution in [0.3, 0.4) is 0 Å². The third-order valence-electron chi connectivity index (χ3n) is 5.12. The fraction of sp³-hybridized carbons (Fsp3) is 0.250. The molecular formula is C20H18N6O2. The maximum absolute atomic E-state index is 12.4. The monoisotopic (exact) mass is 374 g/mol. The van der Waals surface area contributed by atoms with Crippen LogP contribution >= 0.6 is 0 Å². The van der Waals surface area contributed by atoms with Crippen LogP contribution in [0.15, 0.2) is 64.4 Å². The number of aromatic nitrogens is 5. The fourth-order valence-electron chi connectivity index (χ4n) is 3.74. The van der Waals surface area contributed by atoms with Crippen molar-refractivity contribution < 1.29 is 4.42 Å². The van der Waals surface area contributed by atoms with Gasteiger partial charge in [-0.3, -0.25) is 9.78 Å². The van der Waals surface area contributed by atoms with Gasteiger partial charge in [0.25, 0.3) is 5.56 Å². The quantitative estimate of drug-likeness (QED) is 0.542. The van der Waals surface area contributed by atoms with Crippen molar-refractivity contribution in [2.45, 2.75) is 25.4 Å². The van der Waals surface area contributed by atoms with Crippen LogP contribution in [-0.4, -0.2) is 37.5 Å². The highest BCUT2D eigenvalue weighted by Gasteiger charge is 2.29. The van der Waals surface area contributed by atoms with Gasteiger partial charge in [-0.05, 0) is 37.1 Å². The molecule has 4 aromatic rings. The van der Waals surface area contributed by atoms with Crippen LogP contribution < -0.4 is 10.5 Å². The summed E-state index contributed by atoms with van der Waals surface area (Å²) in [5.41, 5.74) is 2.29. The average Bonchev–Trinajstić information content (AvgIpc) is 3.39. The van der Waals surface area contributed by atoms with Crippen LogP contribution in [0, 0.1) is 0 Å². The molecule has 5 heterocycles. The number of hydrogen-bond acceptors (Lipinski definition) is 7. The summed E-state index contributed by atoms with van der Waals surface area (Å²) in [6.07, 6.45) is 8.74. The minimum Gasteiger partial charge on any atom is -0.460 e. The predicted octanol–water partition coefficient (Wildman–Crippen LogP) is 2.51. The lowest BCUT2D eigenvalue weighted by Gasteiger charge is -2.25. The van der Waals surface area contributed by atoms with Gasteiger partial charge in [-0.2, -0.15) is 10.2 Å². The largest absolute Gasteiger partial charge is 0.460 e. The molecule has 1 atom stereocenters. The van der Waals surface area contributed by atoms with Crippen LogP contribution in [0.25, 0.3) is 22.2 Å². The van der Waals surface area contributed by atoms with Gasteiger partial charge >= 0.3 is 0 Å². The zero-order valence-electron chi connectivity index (χ0n) is 15.1. The second kappa shape index (κ2) is 6.88. The molecular weight excluding hydrogens is 356 g/mol. The molecule has 8 nitrogen and oxygen atoms in total. The van der Waals surface area contributed by atoms with Gasteiger partial charge in [0.15, 0.2) is 11.4 Å². The van der Waals surface area contributed by atoms with Gasteiger partial charge in [0.05, 0.1) is 30.7 Å². The van der Waals surface area contributed by atoms with Crippen molar-refractivity contribution >= 4 is 16.8 Å². The Kier molecular flexibility index (Phi) is 4.08.